The Morgan fingerprint density at radius 2 is 1.19 bits per heavy atom. The predicted octanol–water partition coefficient (Wildman–Crippen LogP) is 5.21. The van der Waals surface area contributed by atoms with Gasteiger partial charge in [-0.15, -0.1) is 0 Å². The van der Waals surface area contributed by atoms with Crippen LogP contribution in [0, 0.1) is 41.5 Å². The van der Waals surface area contributed by atoms with E-state index in [1.165, 1.54) is 22.3 Å². The first-order valence-electron chi connectivity index (χ1n) is 8.73. The maximum atomic E-state index is 4.55. The van der Waals surface area contributed by atoms with Crippen molar-refractivity contribution in [2.24, 2.45) is 0 Å². The number of rotatable bonds is 4. The fourth-order valence-corrected chi connectivity index (χ4v) is 3.16. The average Bonchev–Trinajstić information content (AvgIpc) is 2.53. The summed E-state index contributed by atoms with van der Waals surface area (Å²) in [5.74, 6) is 1.74. The Balaban J connectivity index is 1.91. The Labute approximate surface area is 154 Å². The van der Waals surface area contributed by atoms with Gasteiger partial charge in [-0.3, -0.25) is 0 Å². The van der Waals surface area contributed by atoms with Crippen molar-refractivity contribution in [3.63, 3.8) is 0 Å². The van der Waals surface area contributed by atoms with Crippen molar-refractivity contribution in [2.45, 2.75) is 41.5 Å². The second kappa shape index (κ2) is 7.12. The van der Waals surface area contributed by atoms with E-state index in [4.69, 9.17) is 0 Å². The van der Waals surface area contributed by atoms with Gasteiger partial charge in [0.05, 0.1) is 0 Å². The summed E-state index contributed by atoms with van der Waals surface area (Å²) in [5, 5.41) is 6.66. The summed E-state index contributed by atoms with van der Waals surface area (Å²) >= 11 is 0. The maximum Gasteiger partial charge on any atom is 0.232 e. The zero-order chi connectivity index (χ0) is 18.8. The van der Waals surface area contributed by atoms with Crippen LogP contribution in [0.4, 0.5) is 23.3 Å². The molecule has 134 valence electrons. The second-order valence-electron chi connectivity index (χ2n) is 6.87. The Hall–Kier alpha value is -2.95. The molecule has 0 radical (unpaired) electrons. The number of benzene rings is 2. The zero-order valence-electron chi connectivity index (χ0n) is 16.2. The summed E-state index contributed by atoms with van der Waals surface area (Å²) in [6.07, 6.45) is 0. The van der Waals surface area contributed by atoms with Crippen LogP contribution in [0.5, 0.6) is 0 Å². The summed E-state index contributed by atoms with van der Waals surface area (Å²) in [5.41, 5.74) is 8.01. The molecule has 1 heterocycles. The quantitative estimate of drug-likeness (QED) is 0.678. The molecule has 0 unspecified atom stereocenters. The first-order valence-corrected chi connectivity index (χ1v) is 8.73. The molecule has 0 aliphatic rings. The lowest BCUT2D eigenvalue weighted by Crippen LogP contribution is -2.07. The minimum absolute atomic E-state index is 0.536. The number of nitrogens with one attached hydrogen (secondary N) is 2. The van der Waals surface area contributed by atoms with E-state index < -0.39 is 0 Å². The molecule has 0 saturated carbocycles. The third-order valence-corrected chi connectivity index (χ3v) is 4.29. The van der Waals surface area contributed by atoms with Gasteiger partial charge < -0.3 is 10.6 Å². The molecule has 3 rings (SSSR count). The third-order valence-electron chi connectivity index (χ3n) is 4.29. The molecule has 0 bridgehead atoms. The van der Waals surface area contributed by atoms with E-state index in [0.29, 0.717) is 17.7 Å². The van der Waals surface area contributed by atoms with E-state index in [9.17, 15) is 0 Å². The highest BCUT2D eigenvalue weighted by molar-refractivity contribution is 5.65. The van der Waals surface area contributed by atoms with Gasteiger partial charge in [0.15, 0.2) is 0 Å². The summed E-state index contributed by atoms with van der Waals surface area (Å²) < 4.78 is 0. The lowest BCUT2D eigenvalue weighted by atomic mass is 10.1. The van der Waals surface area contributed by atoms with Crippen LogP contribution in [-0.4, -0.2) is 15.0 Å². The number of hydrogen-bond acceptors (Lipinski definition) is 5. The molecule has 3 aromatic rings. The topological polar surface area (TPSA) is 62.7 Å². The van der Waals surface area contributed by atoms with Gasteiger partial charge in [0.2, 0.25) is 11.9 Å². The average molecular weight is 347 g/mol. The maximum absolute atomic E-state index is 4.55. The fourth-order valence-electron chi connectivity index (χ4n) is 3.16. The van der Waals surface area contributed by atoms with E-state index >= 15 is 0 Å². The molecule has 26 heavy (non-hydrogen) atoms. The third kappa shape index (κ3) is 3.99. The number of nitrogens with zero attached hydrogens (tertiary/aromatic N) is 3. The molecule has 0 spiro atoms. The molecule has 5 nitrogen and oxygen atoms in total. The Morgan fingerprint density at radius 1 is 0.615 bits per heavy atom. The van der Waals surface area contributed by atoms with Crippen LogP contribution in [0.15, 0.2) is 30.3 Å². The number of hydrogen-bond donors (Lipinski definition) is 2. The van der Waals surface area contributed by atoms with Gasteiger partial charge in [0.25, 0.3) is 0 Å². The Kier molecular flexibility index (Phi) is 4.89. The molecule has 0 amide bonds. The summed E-state index contributed by atoms with van der Waals surface area (Å²) in [6, 6.07) is 10.6. The number of aromatic nitrogens is 3. The lowest BCUT2D eigenvalue weighted by Gasteiger charge is -2.14. The molecular weight excluding hydrogens is 322 g/mol. The molecule has 0 atom stereocenters. The standard InChI is InChI=1S/C21H25N5/c1-12-7-8-18(14(3)9-12)24-20-22-17(6)23-21(26-20)25-19-15(4)10-13(2)11-16(19)5/h7-11H,1-6H3,(H2,22,23,24,25,26). The molecule has 1 aromatic heterocycles. The van der Waals surface area contributed by atoms with Crippen LogP contribution in [0.3, 0.4) is 0 Å². The zero-order valence-corrected chi connectivity index (χ0v) is 16.2. The van der Waals surface area contributed by atoms with E-state index in [1.54, 1.807) is 0 Å². The Bertz CT molecular complexity index is 940. The Morgan fingerprint density at radius 3 is 1.81 bits per heavy atom. The molecule has 5 heteroatoms. The van der Waals surface area contributed by atoms with Crippen molar-refractivity contribution in [1.82, 2.24) is 15.0 Å². The van der Waals surface area contributed by atoms with E-state index in [2.05, 4.69) is 84.5 Å². The molecule has 0 aliphatic carbocycles. The van der Waals surface area contributed by atoms with Crippen molar-refractivity contribution in [1.29, 1.82) is 0 Å². The van der Waals surface area contributed by atoms with E-state index in [1.807, 2.05) is 13.0 Å². The first-order chi connectivity index (χ1) is 12.3. The van der Waals surface area contributed by atoms with Crippen molar-refractivity contribution in [2.75, 3.05) is 10.6 Å². The first kappa shape index (κ1) is 17.9. The van der Waals surface area contributed by atoms with Crippen molar-refractivity contribution >= 4 is 23.3 Å². The predicted molar refractivity (Wildman–Crippen MR) is 108 cm³/mol. The molecule has 2 aromatic carbocycles. The largest absolute Gasteiger partial charge is 0.324 e. The van der Waals surface area contributed by atoms with Crippen molar-refractivity contribution in [3.05, 3.63) is 64.0 Å². The van der Waals surface area contributed by atoms with Crippen molar-refractivity contribution < 1.29 is 0 Å². The van der Waals surface area contributed by atoms with E-state index in [0.717, 1.165) is 16.9 Å². The van der Waals surface area contributed by atoms with E-state index in [-0.39, 0.29) is 0 Å². The van der Waals surface area contributed by atoms with Crippen LogP contribution >= 0.6 is 0 Å². The van der Waals surface area contributed by atoms with Crippen LogP contribution in [0.25, 0.3) is 0 Å². The molecule has 0 fully saturated rings. The van der Waals surface area contributed by atoms with Gasteiger partial charge in [-0.05, 0) is 64.3 Å². The van der Waals surface area contributed by atoms with Gasteiger partial charge in [-0.25, -0.2) is 0 Å². The molecular formula is C21H25N5. The number of aryl methyl sites for hydroxylation is 6. The highest BCUT2D eigenvalue weighted by Crippen LogP contribution is 2.25. The van der Waals surface area contributed by atoms with Gasteiger partial charge in [-0.2, -0.15) is 15.0 Å². The van der Waals surface area contributed by atoms with Gasteiger partial charge in [0.1, 0.15) is 5.82 Å². The summed E-state index contributed by atoms with van der Waals surface area (Å²) in [7, 11) is 0. The van der Waals surface area contributed by atoms with Gasteiger partial charge in [0, 0.05) is 11.4 Å². The minimum atomic E-state index is 0.536. The smallest absolute Gasteiger partial charge is 0.232 e. The van der Waals surface area contributed by atoms with Crippen LogP contribution in [0.2, 0.25) is 0 Å². The molecule has 0 saturated heterocycles. The highest BCUT2D eigenvalue weighted by atomic mass is 15.2. The minimum Gasteiger partial charge on any atom is -0.324 e. The van der Waals surface area contributed by atoms with Crippen LogP contribution < -0.4 is 10.6 Å². The number of anilines is 4. The molecule has 2 N–H and O–H groups in total. The van der Waals surface area contributed by atoms with Crippen molar-refractivity contribution in [3.8, 4) is 0 Å². The summed E-state index contributed by atoms with van der Waals surface area (Å²) in [6.45, 7) is 12.3. The lowest BCUT2D eigenvalue weighted by molar-refractivity contribution is 0.987. The van der Waals surface area contributed by atoms with Crippen LogP contribution in [0.1, 0.15) is 33.6 Å². The summed E-state index contributed by atoms with van der Waals surface area (Å²) in [4.78, 5) is 13.4. The second-order valence-corrected chi connectivity index (χ2v) is 6.87. The van der Waals surface area contributed by atoms with Gasteiger partial charge in [-0.1, -0.05) is 35.4 Å². The SMILES string of the molecule is Cc1ccc(Nc2nc(C)nc(Nc3c(C)cc(C)cc3C)n2)c(C)c1. The monoisotopic (exact) mass is 347 g/mol. The fraction of sp³-hybridized carbons (Fsp3) is 0.286. The van der Waals surface area contributed by atoms with Crippen LogP contribution in [-0.2, 0) is 0 Å². The molecule has 0 aliphatic heterocycles. The normalized spacial score (nSPS) is 10.7. The highest BCUT2D eigenvalue weighted by Gasteiger charge is 2.09. The van der Waals surface area contributed by atoms with Gasteiger partial charge >= 0.3 is 0 Å².